The Bertz CT molecular complexity index is 597. The Morgan fingerprint density at radius 3 is 2.68 bits per heavy atom. The van der Waals surface area contributed by atoms with E-state index in [0.29, 0.717) is 12.0 Å². The first kappa shape index (κ1) is 16.4. The first-order chi connectivity index (χ1) is 10.4. The minimum Gasteiger partial charge on any atom is -0.434 e. The summed E-state index contributed by atoms with van der Waals surface area (Å²) >= 11 is 0. The number of aromatic nitrogens is 2. The van der Waals surface area contributed by atoms with Crippen LogP contribution in [0.1, 0.15) is 32.8 Å². The molecule has 0 spiro atoms. The van der Waals surface area contributed by atoms with Crippen LogP contribution in [0.5, 0.6) is 11.6 Å². The van der Waals surface area contributed by atoms with Gasteiger partial charge in [-0.1, -0.05) is 26.8 Å². The largest absolute Gasteiger partial charge is 0.434 e. The van der Waals surface area contributed by atoms with Gasteiger partial charge in [-0.25, -0.2) is 9.37 Å². The Morgan fingerprint density at radius 2 is 2.05 bits per heavy atom. The molecule has 2 rings (SSSR count). The van der Waals surface area contributed by atoms with Gasteiger partial charge >= 0.3 is 0 Å². The van der Waals surface area contributed by atoms with Gasteiger partial charge in [0, 0.05) is 18.9 Å². The average Bonchev–Trinajstić information content (AvgIpc) is 2.46. The van der Waals surface area contributed by atoms with E-state index >= 15 is 0 Å². The van der Waals surface area contributed by atoms with Crippen molar-refractivity contribution in [2.45, 2.75) is 33.7 Å². The number of ether oxygens (including phenoxy) is 1. The van der Waals surface area contributed by atoms with Crippen molar-refractivity contribution in [2.24, 2.45) is 5.41 Å². The summed E-state index contributed by atoms with van der Waals surface area (Å²) < 4.78 is 19.4. The molecule has 0 amide bonds. The number of hydrogen-bond donors (Lipinski definition) is 1. The average molecular weight is 303 g/mol. The molecule has 0 aliphatic carbocycles. The van der Waals surface area contributed by atoms with Gasteiger partial charge in [-0.2, -0.15) is 0 Å². The number of rotatable bonds is 6. The molecular weight excluding hydrogens is 281 g/mol. The van der Waals surface area contributed by atoms with Crippen LogP contribution in [0, 0.1) is 11.2 Å². The number of nitrogens with zero attached hydrogens (tertiary/aromatic N) is 2. The van der Waals surface area contributed by atoms with Crippen molar-refractivity contribution in [3.8, 4) is 11.6 Å². The standard InChI is InChI=1S/C17H22FN3O/c1-17(2,3)6-7-19-11-13-4-5-15(14(18)10-13)22-16-12-20-8-9-21-16/h4-5,8-10,12,19H,6-7,11H2,1-3H3. The monoisotopic (exact) mass is 303 g/mol. The summed E-state index contributed by atoms with van der Waals surface area (Å²) in [7, 11) is 0. The van der Waals surface area contributed by atoms with E-state index in [2.05, 4.69) is 36.1 Å². The Balaban J connectivity index is 1.89. The molecule has 0 unspecified atom stereocenters. The van der Waals surface area contributed by atoms with Crippen molar-refractivity contribution >= 4 is 0 Å². The maximum atomic E-state index is 14.0. The Morgan fingerprint density at radius 1 is 1.23 bits per heavy atom. The third kappa shape index (κ3) is 5.41. The minimum absolute atomic E-state index is 0.152. The fourth-order valence-corrected chi connectivity index (χ4v) is 1.88. The van der Waals surface area contributed by atoms with Gasteiger partial charge in [-0.05, 0) is 36.1 Å². The van der Waals surface area contributed by atoms with Gasteiger partial charge in [0.1, 0.15) is 0 Å². The number of benzene rings is 1. The van der Waals surface area contributed by atoms with Gasteiger partial charge in [0.2, 0.25) is 5.88 Å². The van der Waals surface area contributed by atoms with Crippen molar-refractivity contribution in [1.29, 1.82) is 0 Å². The Labute approximate surface area is 130 Å². The summed E-state index contributed by atoms with van der Waals surface area (Å²) in [5.41, 5.74) is 1.19. The van der Waals surface area contributed by atoms with E-state index in [1.54, 1.807) is 6.07 Å². The van der Waals surface area contributed by atoms with Crippen LogP contribution in [0.15, 0.2) is 36.8 Å². The highest BCUT2D eigenvalue weighted by Gasteiger charge is 2.10. The lowest BCUT2D eigenvalue weighted by Gasteiger charge is -2.18. The molecule has 0 bridgehead atoms. The zero-order valence-electron chi connectivity index (χ0n) is 13.3. The molecule has 0 saturated carbocycles. The molecule has 0 radical (unpaired) electrons. The zero-order valence-corrected chi connectivity index (χ0v) is 13.3. The third-order valence-corrected chi connectivity index (χ3v) is 3.13. The van der Waals surface area contributed by atoms with Crippen LogP contribution in [0.25, 0.3) is 0 Å². The summed E-state index contributed by atoms with van der Waals surface area (Å²) in [5.74, 6) is 0.0252. The highest BCUT2D eigenvalue weighted by Crippen LogP contribution is 2.23. The molecule has 0 saturated heterocycles. The summed E-state index contributed by atoms with van der Waals surface area (Å²) in [6.07, 6.45) is 5.56. The van der Waals surface area contributed by atoms with Crippen LogP contribution in [-0.4, -0.2) is 16.5 Å². The first-order valence-corrected chi connectivity index (χ1v) is 7.37. The predicted octanol–water partition coefficient (Wildman–Crippen LogP) is 3.93. The fourth-order valence-electron chi connectivity index (χ4n) is 1.88. The SMILES string of the molecule is CC(C)(C)CCNCc1ccc(Oc2cnccn2)c(F)c1. The van der Waals surface area contributed by atoms with Gasteiger partial charge < -0.3 is 10.1 Å². The van der Waals surface area contributed by atoms with Gasteiger partial charge in [-0.15, -0.1) is 0 Å². The quantitative estimate of drug-likeness (QED) is 0.821. The second-order valence-electron chi connectivity index (χ2n) is 6.40. The lowest BCUT2D eigenvalue weighted by molar-refractivity contribution is 0.366. The number of hydrogen-bond acceptors (Lipinski definition) is 4. The van der Waals surface area contributed by atoms with E-state index in [-0.39, 0.29) is 11.6 Å². The van der Waals surface area contributed by atoms with Crippen molar-refractivity contribution in [1.82, 2.24) is 15.3 Å². The van der Waals surface area contributed by atoms with Gasteiger partial charge in [0.05, 0.1) is 6.20 Å². The fraction of sp³-hybridized carbons (Fsp3) is 0.412. The minimum atomic E-state index is -0.402. The molecule has 0 aliphatic rings. The van der Waals surface area contributed by atoms with Gasteiger partial charge in [0.25, 0.3) is 0 Å². The van der Waals surface area contributed by atoms with Crippen LogP contribution in [0.2, 0.25) is 0 Å². The van der Waals surface area contributed by atoms with Crippen molar-refractivity contribution in [2.75, 3.05) is 6.54 Å². The molecule has 0 atom stereocenters. The van der Waals surface area contributed by atoms with Gasteiger partial charge in [-0.3, -0.25) is 4.98 Å². The van der Waals surface area contributed by atoms with E-state index in [1.807, 2.05) is 6.07 Å². The number of nitrogens with one attached hydrogen (secondary N) is 1. The summed E-state index contributed by atoms with van der Waals surface area (Å²) in [6, 6.07) is 4.94. The lowest BCUT2D eigenvalue weighted by Crippen LogP contribution is -2.20. The van der Waals surface area contributed by atoms with Crippen LogP contribution in [0.3, 0.4) is 0 Å². The summed E-state index contributed by atoms with van der Waals surface area (Å²) in [5, 5.41) is 3.32. The topological polar surface area (TPSA) is 47.0 Å². The molecule has 2 aromatic rings. The van der Waals surface area contributed by atoms with E-state index < -0.39 is 5.82 Å². The van der Waals surface area contributed by atoms with Crippen LogP contribution < -0.4 is 10.1 Å². The highest BCUT2D eigenvalue weighted by atomic mass is 19.1. The maximum Gasteiger partial charge on any atom is 0.237 e. The van der Waals surface area contributed by atoms with Crippen LogP contribution >= 0.6 is 0 Å². The van der Waals surface area contributed by atoms with Crippen molar-refractivity contribution in [3.05, 3.63) is 48.2 Å². The molecule has 0 aliphatic heterocycles. The van der Waals surface area contributed by atoms with Gasteiger partial charge in [0.15, 0.2) is 11.6 Å². The molecule has 118 valence electrons. The zero-order chi connectivity index (χ0) is 16.0. The molecule has 1 N–H and O–H groups in total. The van der Waals surface area contributed by atoms with Crippen molar-refractivity contribution in [3.63, 3.8) is 0 Å². The second kappa shape index (κ2) is 7.31. The van der Waals surface area contributed by atoms with E-state index in [1.165, 1.54) is 24.7 Å². The molecule has 1 aromatic carbocycles. The van der Waals surface area contributed by atoms with E-state index in [4.69, 9.17) is 4.74 Å². The van der Waals surface area contributed by atoms with E-state index in [0.717, 1.165) is 18.5 Å². The highest BCUT2D eigenvalue weighted by molar-refractivity contribution is 5.31. The summed E-state index contributed by atoms with van der Waals surface area (Å²) in [6.45, 7) is 8.15. The molecule has 5 heteroatoms. The Hall–Kier alpha value is -2.01. The maximum absolute atomic E-state index is 14.0. The smallest absolute Gasteiger partial charge is 0.237 e. The molecule has 22 heavy (non-hydrogen) atoms. The normalized spacial score (nSPS) is 11.5. The van der Waals surface area contributed by atoms with Crippen LogP contribution in [0.4, 0.5) is 4.39 Å². The molecule has 4 nitrogen and oxygen atoms in total. The van der Waals surface area contributed by atoms with E-state index in [9.17, 15) is 4.39 Å². The lowest BCUT2D eigenvalue weighted by atomic mass is 9.92. The predicted molar refractivity (Wildman–Crippen MR) is 84.3 cm³/mol. The number of halogens is 1. The van der Waals surface area contributed by atoms with Crippen LogP contribution in [-0.2, 0) is 6.54 Å². The second-order valence-corrected chi connectivity index (χ2v) is 6.40. The molecule has 1 heterocycles. The Kier molecular flexibility index (Phi) is 5.44. The molecule has 1 aromatic heterocycles. The summed E-state index contributed by atoms with van der Waals surface area (Å²) in [4.78, 5) is 7.84. The van der Waals surface area contributed by atoms with Crippen molar-refractivity contribution < 1.29 is 9.13 Å². The third-order valence-electron chi connectivity index (χ3n) is 3.13. The molecule has 0 fully saturated rings. The first-order valence-electron chi connectivity index (χ1n) is 7.37. The molecular formula is C17H22FN3O.